The van der Waals surface area contributed by atoms with E-state index >= 15 is 0 Å². The number of pyridine rings is 1. The largest absolute Gasteiger partial charge is 0.490 e. The van der Waals surface area contributed by atoms with Crippen LogP contribution in [0.2, 0.25) is 0 Å². The number of nitrogens with one attached hydrogen (secondary N) is 1. The van der Waals surface area contributed by atoms with Crippen LogP contribution in [0.25, 0.3) is 0 Å². The molecule has 0 spiro atoms. The van der Waals surface area contributed by atoms with Crippen molar-refractivity contribution >= 4 is 11.5 Å². The van der Waals surface area contributed by atoms with Crippen LogP contribution in [-0.2, 0) is 0 Å². The van der Waals surface area contributed by atoms with Gasteiger partial charge in [0.05, 0.1) is 18.8 Å². The molecule has 5 heteroatoms. The van der Waals surface area contributed by atoms with Crippen molar-refractivity contribution in [2.75, 3.05) is 18.5 Å². The van der Waals surface area contributed by atoms with Crippen molar-refractivity contribution in [2.24, 2.45) is 0 Å². The monoisotopic (exact) mass is 283 g/mol. The molecule has 1 N–H and O–H groups in total. The number of nitriles is 1. The lowest BCUT2D eigenvalue weighted by Crippen LogP contribution is -2.00. The molecule has 5 nitrogen and oxygen atoms in total. The molecule has 0 fully saturated rings. The minimum atomic E-state index is 0.530. The maximum Gasteiger partial charge on any atom is 0.163 e. The number of nitrogens with zero attached hydrogens (tertiary/aromatic N) is 2. The van der Waals surface area contributed by atoms with Crippen molar-refractivity contribution in [3.8, 4) is 17.6 Å². The van der Waals surface area contributed by atoms with Crippen molar-refractivity contribution in [3.05, 3.63) is 42.1 Å². The topological polar surface area (TPSA) is 67.2 Å². The van der Waals surface area contributed by atoms with Gasteiger partial charge in [0.1, 0.15) is 11.9 Å². The molecule has 0 aliphatic heterocycles. The molecule has 0 aliphatic carbocycles. The number of rotatable bonds is 6. The highest BCUT2D eigenvalue weighted by atomic mass is 16.5. The van der Waals surface area contributed by atoms with Gasteiger partial charge in [-0.05, 0) is 38.1 Å². The maximum absolute atomic E-state index is 8.75. The molecule has 0 unspecified atom stereocenters. The Kier molecular flexibility index (Phi) is 4.99. The molecular formula is C16H17N3O2. The molecule has 0 saturated heterocycles. The Labute approximate surface area is 124 Å². The van der Waals surface area contributed by atoms with Crippen LogP contribution >= 0.6 is 0 Å². The summed E-state index contributed by atoms with van der Waals surface area (Å²) in [7, 11) is 0. The average Bonchev–Trinajstić information content (AvgIpc) is 2.51. The highest BCUT2D eigenvalue weighted by molar-refractivity contribution is 5.61. The fraction of sp³-hybridized carbons (Fsp3) is 0.250. The predicted octanol–water partition coefficient (Wildman–Crippen LogP) is 3.49. The van der Waals surface area contributed by atoms with Crippen LogP contribution in [0.15, 0.2) is 36.5 Å². The van der Waals surface area contributed by atoms with Crippen molar-refractivity contribution < 1.29 is 9.47 Å². The Morgan fingerprint density at radius 3 is 2.48 bits per heavy atom. The summed E-state index contributed by atoms with van der Waals surface area (Å²) in [4.78, 5) is 4.17. The molecule has 2 rings (SSSR count). The van der Waals surface area contributed by atoms with Gasteiger partial charge in [0, 0.05) is 18.0 Å². The zero-order valence-electron chi connectivity index (χ0n) is 12.1. The van der Waals surface area contributed by atoms with E-state index in [-0.39, 0.29) is 0 Å². The molecule has 108 valence electrons. The summed E-state index contributed by atoms with van der Waals surface area (Å²) >= 11 is 0. The first-order chi connectivity index (χ1) is 10.3. The van der Waals surface area contributed by atoms with Crippen LogP contribution in [0.4, 0.5) is 11.5 Å². The first-order valence-corrected chi connectivity index (χ1v) is 6.79. The average molecular weight is 283 g/mol. The second-order valence-corrected chi connectivity index (χ2v) is 4.20. The van der Waals surface area contributed by atoms with E-state index in [9.17, 15) is 0 Å². The molecule has 1 aromatic heterocycles. The Morgan fingerprint density at radius 1 is 1.10 bits per heavy atom. The molecule has 0 bridgehead atoms. The maximum atomic E-state index is 8.75. The number of anilines is 2. The van der Waals surface area contributed by atoms with Crippen LogP contribution in [0.3, 0.4) is 0 Å². The lowest BCUT2D eigenvalue weighted by atomic mass is 10.2. The van der Waals surface area contributed by atoms with Crippen LogP contribution in [0, 0.1) is 11.3 Å². The summed E-state index contributed by atoms with van der Waals surface area (Å²) in [6, 6.07) is 11.1. The second kappa shape index (κ2) is 7.15. The van der Waals surface area contributed by atoms with Gasteiger partial charge in [0.25, 0.3) is 0 Å². The Morgan fingerprint density at radius 2 is 1.86 bits per heavy atom. The number of hydrogen-bond acceptors (Lipinski definition) is 5. The lowest BCUT2D eigenvalue weighted by Gasteiger charge is -2.13. The third-order valence-electron chi connectivity index (χ3n) is 2.71. The fourth-order valence-corrected chi connectivity index (χ4v) is 1.81. The normalized spacial score (nSPS) is 9.76. The summed E-state index contributed by atoms with van der Waals surface area (Å²) in [5, 5.41) is 11.9. The first kappa shape index (κ1) is 14.7. The van der Waals surface area contributed by atoms with Crippen molar-refractivity contribution in [3.63, 3.8) is 0 Å². The number of benzene rings is 1. The van der Waals surface area contributed by atoms with Crippen molar-refractivity contribution in [1.29, 1.82) is 5.26 Å². The van der Waals surface area contributed by atoms with E-state index < -0.39 is 0 Å². The summed E-state index contributed by atoms with van der Waals surface area (Å²) < 4.78 is 11.1. The van der Waals surface area contributed by atoms with E-state index in [1.165, 1.54) is 6.20 Å². The van der Waals surface area contributed by atoms with Gasteiger partial charge in [-0.25, -0.2) is 4.98 Å². The number of ether oxygens (including phenoxy) is 2. The molecule has 0 amide bonds. The summed E-state index contributed by atoms with van der Waals surface area (Å²) in [5.41, 5.74) is 1.38. The molecular weight excluding hydrogens is 266 g/mol. The standard InChI is InChI=1S/C16H17N3O2/c1-3-20-14-7-6-13(9-15(14)21-4-2)19-16-8-5-12(10-17)11-18-16/h5-9,11H,3-4H2,1-2H3,(H,18,19). The summed E-state index contributed by atoms with van der Waals surface area (Å²) in [6.45, 7) is 5.02. The number of aromatic nitrogens is 1. The van der Waals surface area contributed by atoms with Gasteiger partial charge in [-0.1, -0.05) is 0 Å². The number of hydrogen-bond donors (Lipinski definition) is 1. The minimum Gasteiger partial charge on any atom is -0.490 e. The van der Waals surface area contributed by atoms with Crippen LogP contribution in [0.1, 0.15) is 19.4 Å². The van der Waals surface area contributed by atoms with Gasteiger partial charge in [0.2, 0.25) is 0 Å². The van der Waals surface area contributed by atoms with E-state index in [1.54, 1.807) is 12.1 Å². The minimum absolute atomic E-state index is 0.530. The molecule has 0 atom stereocenters. The lowest BCUT2D eigenvalue weighted by molar-refractivity contribution is 0.288. The van der Waals surface area contributed by atoms with E-state index in [4.69, 9.17) is 14.7 Å². The van der Waals surface area contributed by atoms with Gasteiger partial charge in [-0.15, -0.1) is 0 Å². The van der Waals surface area contributed by atoms with Crippen molar-refractivity contribution in [2.45, 2.75) is 13.8 Å². The van der Waals surface area contributed by atoms with E-state index in [0.717, 1.165) is 11.4 Å². The fourth-order valence-electron chi connectivity index (χ4n) is 1.81. The van der Waals surface area contributed by atoms with Gasteiger partial charge < -0.3 is 14.8 Å². The zero-order chi connectivity index (χ0) is 15.1. The first-order valence-electron chi connectivity index (χ1n) is 6.79. The predicted molar refractivity (Wildman–Crippen MR) is 81.0 cm³/mol. The van der Waals surface area contributed by atoms with Gasteiger partial charge in [-0.3, -0.25) is 0 Å². The molecule has 0 aliphatic rings. The van der Waals surface area contributed by atoms with Crippen LogP contribution < -0.4 is 14.8 Å². The summed E-state index contributed by atoms with van der Waals surface area (Å²) in [5.74, 6) is 2.08. The third-order valence-corrected chi connectivity index (χ3v) is 2.71. The second-order valence-electron chi connectivity index (χ2n) is 4.20. The van der Waals surface area contributed by atoms with Crippen molar-refractivity contribution in [1.82, 2.24) is 4.98 Å². The van der Waals surface area contributed by atoms with Gasteiger partial charge in [0.15, 0.2) is 11.5 Å². The van der Waals surface area contributed by atoms with E-state index in [0.29, 0.717) is 30.3 Å². The van der Waals surface area contributed by atoms with Crippen LogP contribution in [-0.4, -0.2) is 18.2 Å². The van der Waals surface area contributed by atoms with E-state index in [1.807, 2.05) is 38.1 Å². The quantitative estimate of drug-likeness (QED) is 0.879. The Bertz CT molecular complexity index is 633. The molecule has 1 aromatic carbocycles. The summed E-state index contributed by atoms with van der Waals surface area (Å²) in [6.07, 6.45) is 1.53. The van der Waals surface area contributed by atoms with Crippen LogP contribution in [0.5, 0.6) is 11.5 Å². The molecule has 21 heavy (non-hydrogen) atoms. The molecule has 0 saturated carbocycles. The SMILES string of the molecule is CCOc1ccc(Nc2ccc(C#N)cn2)cc1OCC. The molecule has 1 heterocycles. The highest BCUT2D eigenvalue weighted by Crippen LogP contribution is 2.31. The smallest absolute Gasteiger partial charge is 0.163 e. The third kappa shape index (κ3) is 3.86. The zero-order valence-corrected chi connectivity index (χ0v) is 12.1. The van der Waals surface area contributed by atoms with Gasteiger partial charge in [-0.2, -0.15) is 5.26 Å². The highest BCUT2D eigenvalue weighted by Gasteiger charge is 2.06. The molecule has 0 radical (unpaired) electrons. The van der Waals surface area contributed by atoms with Gasteiger partial charge >= 0.3 is 0 Å². The Hall–Kier alpha value is -2.74. The molecule has 2 aromatic rings. The van der Waals surface area contributed by atoms with E-state index in [2.05, 4.69) is 10.3 Å². The Balaban J connectivity index is 2.19.